The number of H-pyrrole nitrogens is 1. The molecule has 0 amide bonds. The molecule has 0 fully saturated rings. The Kier molecular flexibility index (Phi) is 6.69. The second-order valence-corrected chi connectivity index (χ2v) is 7.50. The van der Waals surface area contributed by atoms with Crippen molar-refractivity contribution in [3.63, 3.8) is 0 Å². The zero-order valence-electron chi connectivity index (χ0n) is 19.3. The van der Waals surface area contributed by atoms with Crippen molar-refractivity contribution < 1.29 is 34.1 Å². The van der Waals surface area contributed by atoms with E-state index >= 15 is 0 Å². The van der Waals surface area contributed by atoms with E-state index in [0.29, 0.717) is 39.6 Å². The topological polar surface area (TPSA) is 179 Å². The minimum absolute atomic E-state index is 0.0322. The Morgan fingerprint density at radius 3 is 2.27 bits per heavy atom. The van der Waals surface area contributed by atoms with E-state index in [-0.39, 0.29) is 5.69 Å². The molecule has 0 saturated carbocycles. The number of ether oxygens (including phenoxy) is 2. The van der Waals surface area contributed by atoms with Crippen LogP contribution in [0.25, 0.3) is 22.0 Å². The molecular formula is C24H18N4O9. The Bertz CT molecular complexity index is 1560. The largest absolute Gasteiger partial charge is 0.497 e. The van der Waals surface area contributed by atoms with Crippen molar-refractivity contribution in [2.45, 2.75) is 0 Å². The lowest BCUT2D eigenvalue weighted by molar-refractivity contribution is -0.394. The number of aromatic nitrogens is 1. The van der Waals surface area contributed by atoms with Gasteiger partial charge in [-0.25, -0.2) is 4.79 Å². The zero-order valence-corrected chi connectivity index (χ0v) is 19.3. The highest BCUT2D eigenvalue weighted by Gasteiger charge is 2.27. The Labute approximate surface area is 207 Å². The van der Waals surface area contributed by atoms with Crippen LogP contribution in [-0.2, 0) is 4.79 Å². The van der Waals surface area contributed by atoms with E-state index in [1.54, 1.807) is 42.5 Å². The van der Waals surface area contributed by atoms with Gasteiger partial charge in [0.15, 0.2) is 0 Å². The quantitative estimate of drug-likeness (QED) is 0.187. The lowest BCUT2D eigenvalue weighted by atomic mass is 9.99. The first kappa shape index (κ1) is 24.7. The third-order valence-electron chi connectivity index (χ3n) is 5.38. The Morgan fingerprint density at radius 2 is 1.68 bits per heavy atom. The van der Waals surface area contributed by atoms with Gasteiger partial charge in [-0.1, -0.05) is 35.5 Å². The van der Waals surface area contributed by atoms with Crippen molar-refractivity contribution >= 4 is 34.0 Å². The molecule has 37 heavy (non-hydrogen) atoms. The predicted octanol–water partition coefficient (Wildman–Crippen LogP) is 4.54. The highest BCUT2D eigenvalue weighted by molar-refractivity contribution is 6.44. The van der Waals surface area contributed by atoms with Crippen LogP contribution in [0.15, 0.2) is 65.8 Å². The van der Waals surface area contributed by atoms with Gasteiger partial charge in [-0.05, 0) is 11.6 Å². The van der Waals surface area contributed by atoms with Gasteiger partial charge in [0.1, 0.15) is 11.5 Å². The molecule has 0 aliphatic carbocycles. The maximum atomic E-state index is 12.3. The van der Waals surface area contributed by atoms with Crippen LogP contribution >= 0.6 is 0 Å². The number of aromatic amines is 1. The number of oxime groups is 1. The molecule has 2 N–H and O–H groups in total. The fourth-order valence-electron chi connectivity index (χ4n) is 3.74. The monoisotopic (exact) mass is 506 g/mol. The first-order valence-corrected chi connectivity index (χ1v) is 10.5. The minimum atomic E-state index is -1.50. The molecule has 0 bridgehead atoms. The fourth-order valence-corrected chi connectivity index (χ4v) is 3.74. The van der Waals surface area contributed by atoms with Crippen LogP contribution in [0.3, 0.4) is 0 Å². The van der Waals surface area contributed by atoms with E-state index in [9.17, 15) is 30.1 Å². The van der Waals surface area contributed by atoms with Crippen LogP contribution in [0.2, 0.25) is 0 Å². The molecule has 13 heteroatoms. The lowest BCUT2D eigenvalue weighted by Gasteiger charge is -2.09. The zero-order chi connectivity index (χ0) is 26.7. The van der Waals surface area contributed by atoms with E-state index < -0.39 is 38.7 Å². The van der Waals surface area contributed by atoms with Gasteiger partial charge >= 0.3 is 11.7 Å². The molecule has 0 atom stereocenters. The summed E-state index contributed by atoms with van der Waals surface area (Å²) in [6.07, 6.45) is 0. The first-order chi connectivity index (χ1) is 17.7. The van der Waals surface area contributed by atoms with Crippen molar-refractivity contribution in [1.82, 2.24) is 4.98 Å². The average molecular weight is 506 g/mol. The summed E-state index contributed by atoms with van der Waals surface area (Å²) in [6, 6.07) is 14.8. The molecule has 188 valence electrons. The second-order valence-electron chi connectivity index (χ2n) is 7.50. The van der Waals surface area contributed by atoms with Crippen molar-refractivity contribution in [2.75, 3.05) is 14.2 Å². The number of hydrogen-bond acceptors (Lipinski definition) is 9. The molecule has 0 radical (unpaired) electrons. The molecule has 0 spiro atoms. The van der Waals surface area contributed by atoms with Crippen LogP contribution in [0, 0.1) is 20.2 Å². The van der Waals surface area contributed by atoms with Gasteiger partial charge in [0.05, 0.1) is 46.7 Å². The number of rotatable bonds is 9. The van der Waals surface area contributed by atoms with Gasteiger partial charge in [0.2, 0.25) is 11.5 Å². The van der Waals surface area contributed by atoms with E-state index in [2.05, 4.69) is 10.1 Å². The average Bonchev–Trinajstić information content (AvgIpc) is 3.27. The highest BCUT2D eigenvalue weighted by Crippen LogP contribution is 2.41. The number of carboxylic acids is 1. The predicted molar refractivity (Wildman–Crippen MR) is 131 cm³/mol. The van der Waals surface area contributed by atoms with Gasteiger partial charge in [0.25, 0.3) is 5.69 Å². The fraction of sp³-hybridized carbons (Fsp3) is 0.0833. The minimum Gasteiger partial charge on any atom is -0.497 e. The summed E-state index contributed by atoms with van der Waals surface area (Å²) in [7, 11) is 2.93. The summed E-state index contributed by atoms with van der Waals surface area (Å²) in [5.41, 5.74) is -0.340. The number of methoxy groups -OCH3 is 2. The van der Waals surface area contributed by atoms with Gasteiger partial charge in [0, 0.05) is 23.8 Å². The van der Waals surface area contributed by atoms with Gasteiger partial charge in [-0.2, -0.15) is 0 Å². The molecule has 4 rings (SSSR count). The van der Waals surface area contributed by atoms with Gasteiger partial charge < -0.3 is 24.4 Å². The number of nitro groups is 2. The van der Waals surface area contributed by atoms with Crippen LogP contribution in [0.1, 0.15) is 5.69 Å². The van der Waals surface area contributed by atoms with Crippen LogP contribution in [0.5, 0.6) is 17.2 Å². The smallest absolute Gasteiger partial charge is 0.360 e. The maximum absolute atomic E-state index is 12.3. The third-order valence-corrected chi connectivity index (χ3v) is 5.38. The highest BCUT2D eigenvalue weighted by atomic mass is 16.7. The van der Waals surface area contributed by atoms with Gasteiger partial charge in [-0.15, -0.1) is 0 Å². The number of fused-ring (bicyclic) bond motifs is 1. The molecule has 0 aliphatic rings. The standard InChI is InChI=1S/C24H18N4O9/c1-35-15-11-16-21(19(12-15)36-2)20(13-6-4-3-5-7-13)22(25-16)23(24(29)30)26-37-18-9-8-14(27(31)32)10-17(18)28(33)34/h3-12,25H,1-2H3,(H,29,30)/b26-23-. The van der Waals surface area contributed by atoms with Crippen LogP contribution in [0.4, 0.5) is 11.4 Å². The number of carboxylic acid groups (broad SMARTS) is 1. The summed E-state index contributed by atoms with van der Waals surface area (Å²) in [5, 5.41) is 36.7. The normalized spacial score (nSPS) is 11.2. The molecule has 4 aromatic rings. The Balaban J connectivity index is 1.94. The first-order valence-electron chi connectivity index (χ1n) is 10.5. The SMILES string of the molecule is COc1cc(OC)c2c(-c3ccccc3)c(/C(=N/Oc3ccc([N+](=O)[O-])cc3[N+](=O)[O-])C(=O)O)[nH]c2c1. The summed E-state index contributed by atoms with van der Waals surface area (Å²) in [4.78, 5) is 41.2. The van der Waals surface area contributed by atoms with Crippen molar-refractivity contribution in [2.24, 2.45) is 5.16 Å². The molecule has 0 aliphatic heterocycles. The number of nitrogens with zero attached hydrogens (tertiary/aromatic N) is 3. The van der Waals surface area contributed by atoms with E-state index in [1.165, 1.54) is 14.2 Å². The molecular weight excluding hydrogens is 488 g/mol. The van der Waals surface area contributed by atoms with Crippen molar-refractivity contribution in [3.8, 4) is 28.4 Å². The van der Waals surface area contributed by atoms with Crippen molar-refractivity contribution in [3.05, 3.63) is 86.6 Å². The summed E-state index contributed by atoms with van der Waals surface area (Å²) < 4.78 is 10.9. The summed E-state index contributed by atoms with van der Waals surface area (Å²) in [5.74, 6) is -1.14. The molecule has 3 aromatic carbocycles. The van der Waals surface area contributed by atoms with E-state index in [0.717, 1.165) is 12.1 Å². The molecule has 0 unspecified atom stereocenters. The third kappa shape index (κ3) is 4.73. The maximum Gasteiger partial charge on any atom is 0.360 e. The van der Waals surface area contributed by atoms with Gasteiger partial charge in [-0.3, -0.25) is 20.2 Å². The summed E-state index contributed by atoms with van der Waals surface area (Å²) in [6.45, 7) is 0. The molecule has 1 heterocycles. The molecule has 1 aromatic heterocycles. The number of nitro benzene ring substituents is 2. The number of benzene rings is 3. The number of non-ortho nitro benzene ring substituents is 1. The number of hydrogen-bond donors (Lipinski definition) is 2. The number of carbonyl (C=O) groups is 1. The van der Waals surface area contributed by atoms with E-state index in [4.69, 9.17) is 14.3 Å². The summed E-state index contributed by atoms with van der Waals surface area (Å²) >= 11 is 0. The molecule has 0 saturated heterocycles. The van der Waals surface area contributed by atoms with Crippen LogP contribution in [-0.4, -0.2) is 45.8 Å². The Hall–Kier alpha value is -5.46. The number of aliphatic carboxylic acids is 1. The molecule has 13 nitrogen and oxygen atoms in total. The van der Waals surface area contributed by atoms with E-state index in [1.807, 2.05) is 0 Å². The van der Waals surface area contributed by atoms with Crippen molar-refractivity contribution in [1.29, 1.82) is 0 Å². The Morgan fingerprint density at radius 1 is 0.946 bits per heavy atom. The second kappa shape index (κ2) is 10.0. The van der Waals surface area contributed by atoms with Crippen LogP contribution < -0.4 is 14.3 Å². The lowest BCUT2D eigenvalue weighted by Crippen LogP contribution is -2.17. The number of nitrogens with one attached hydrogen (secondary N) is 1.